The fourth-order valence-electron chi connectivity index (χ4n) is 3.01. The van der Waals surface area contributed by atoms with E-state index in [0.29, 0.717) is 30.4 Å². The fourth-order valence-corrected chi connectivity index (χ4v) is 3.01. The standard InChI is InChI=1S/C18H16FN3O3/c19-15-3-1-13(2-4-15)18(23)22-8-5-12(6-9-22)16-20-21-17(25-16)14-7-10-24-11-14/h1-4,7,10-12H,5-6,8-9H2. The minimum atomic E-state index is -0.347. The molecule has 0 aliphatic carbocycles. The van der Waals surface area contributed by atoms with Gasteiger partial charge in [0.2, 0.25) is 5.89 Å². The van der Waals surface area contributed by atoms with Crippen LogP contribution in [0.3, 0.4) is 0 Å². The summed E-state index contributed by atoms with van der Waals surface area (Å²) in [7, 11) is 0. The van der Waals surface area contributed by atoms with Gasteiger partial charge >= 0.3 is 0 Å². The number of likely N-dealkylation sites (tertiary alicyclic amines) is 1. The smallest absolute Gasteiger partial charge is 0.253 e. The first kappa shape index (κ1) is 15.6. The predicted octanol–water partition coefficient (Wildman–Crippen LogP) is 3.49. The number of rotatable bonds is 3. The van der Waals surface area contributed by atoms with E-state index >= 15 is 0 Å². The Labute approximate surface area is 143 Å². The molecule has 1 aromatic carbocycles. The largest absolute Gasteiger partial charge is 0.472 e. The van der Waals surface area contributed by atoms with Crippen molar-refractivity contribution in [2.45, 2.75) is 18.8 Å². The van der Waals surface area contributed by atoms with Crippen molar-refractivity contribution in [3.05, 3.63) is 60.1 Å². The van der Waals surface area contributed by atoms with Crippen LogP contribution < -0.4 is 0 Å². The minimum absolute atomic E-state index is 0.0805. The Morgan fingerprint density at radius 2 is 1.88 bits per heavy atom. The molecular weight excluding hydrogens is 325 g/mol. The number of piperidine rings is 1. The van der Waals surface area contributed by atoms with Crippen molar-refractivity contribution in [3.8, 4) is 11.5 Å². The van der Waals surface area contributed by atoms with Crippen LogP contribution in [-0.4, -0.2) is 34.1 Å². The number of halogens is 1. The van der Waals surface area contributed by atoms with Gasteiger partial charge in [0, 0.05) is 24.6 Å². The van der Waals surface area contributed by atoms with E-state index in [9.17, 15) is 9.18 Å². The Bertz CT molecular complexity index is 850. The van der Waals surface area contributed by atoms with Crippen LogP contribution in [0.5, 0.6) is 0 Å². The molecule has 6 nitrogen and oxygen atoms in total. The van der Waals surface area contributed by atoms with E-state index in [1.54, 1.807) is 23.5 Å². The molecule has 7 heteroatoms. The van der Waals surface area contributed by atoms with Crippen LogP contribution in [0.4, 0.5) is 4.39 Å². The van der Waals surface area contributed by atoms with Gasteiger partial charge in [0.1, 0.15) is 12.1 Å². The highest BCUT2D eigenvalue weighted by molar-refractivity contribution is 5.94. The zero-order chi connectivity index (χ0) is 17.2. The summed E-state index contributed by atoms with van der Waals surface area (Å²) in [4.78, 5) is 14.2. The normalized spacial score (nSPS) is 15.5. The molecule has 0 atom stereocenters. The molecule has 0 radical (unpaired) electrons. The summed E-state index contributed by atoms with van der Waals surface area (Å²) < 4.78 is 23.7. The van der Waals surface area contributed by atoms with Crippen LogP contribution in [0.15, 0.2) is 51.7 Å². The molecule has 3 aromatic rings. The van der Waals surface area contributed by atoms with Crippen molar-refractivity contribution in [2.24, 2.45) is 0 Å². The van der Waals surface area contributed by atoms with Gasteiger partial charge in [0.15, 0.2) is 0 Å². The number of carbonyl (C=O) groups excluding carboxylic acids is 1. The molecule has 0 spiro atoms. The Kier molecular flexibility index (Phi) is 4.05. The summed E-state index contributed by atoms with van der Waals surface area (Å²) in [6.07, 6.45) is 4.61. The molecule has 1 aliphatic heterocycles. The van der Waals surface area contributed by atoms with Gasteiger partial charge in [-0.25, -0.2) is 4.39 Å². The third kappa shape index (κ3) is 3.17. The highest BCUT2D eigenvalue weighted by atomic mass is 19.1. The molecule has 0 bridgehead atoms. The summed E-state index contributed by atoms with van der Waals surface area (Å²) in [5, 5.41) is 8.18. The molecule has 4 rings (SSSR count). The van der Waals surface area contributed by atoms with Crippen molar-refractivity contribution >= 4 is 5.91 Å². The van der Waals surface area contributed by atoms with Gasteiger partial charge in [0.05, 0.1) is 11.8 Å². The maximum Gasteiger partial charge on any atom is 0.253 e. The number of amides is 1. The van der Waals surface area contributed by atoms with Gasteiger partial charge in [-0.1, -0.05) is 0 Å². The van der Waals surface area contributed by atoms with E-state index in [-0.39, 0.29) is 17.6 Å². The van der Waals surface area contributed by atoms with Crippen LogP contribution in [0.1, 0.15) is 35.0 Å². The van der Waals surface area contributed by atoms with Crippen LogP contribution in [0.25, 0.3) is 11.5 Å². The van der Waals surface area contributed by atoms with E-state index in [2.05, 4.69) is 10.2 Å². The highest BCUT2D eigenvalue weighted by Crippen LogP contribution is 2.30. The summed E-state index contributed by atoms with van der Waals surface area (Å²) in [5.74, 6) is 0.729. The monoisotopic (exact) mass is 341 g/mol. The Morgan fingerprint density at radius 3 is 2.56 bits per heavy atom. The minimum Gasteiger partial charge on any atom is -0.472 e. The molecule has 25 heavy (non-hydrogen) atoms. The van der Waals surface area contributed by atoms with Gasteiger partial charge in [0.25, 0.3) is 11.8 Å². The van der Waals surface area contributed by atoms with Gasteiger partial charge in [-0.2, -0.15) is 0 Å². The second-order valence-corrected chi connectivity index (χ2v) is 6.03. The molecule has 0 N–H and O–H groups in total. The predicted molar refractivity (Wildman–Crippen MR) is 86.3 cm³/mol. The van der Waals surface area contributed by atoms with Gasteiger partial charge < -0.3 is 13.7 Å². The van der Waals surface area contributed by atoms with Crippen LogP contribution >= 0.6 is 0 Å². The van der Waals surface area contributed by atoms with E-state index in [4.69, 9.17) is 8.83 Å². The van der Waals surface area contributed by atoms with Crippen LogP contribution in [-0.2, 0) is 0 Å². The third-order valence-electron chi connectivity index (χ3n) is 4.43. The van der Waals surface area contributed by atoms with E-state index in [1.165, 1.54) is 24.3 Å². The first-order valence-electron chi connectivity index (χ1n) is 8.11. The summed E-state index contributed by atoms with van der Waals surface area (Å²) >= 11 is 0. The summed E-state index contributed by atoms with van der Waals surface area (Å²) in [6, 6.07) is 7.39. The van der Waals surface area contributed by atoms with Gasteiger partial charge in [-0.05, 0) is 43.2 Å². The number of aromatic nitrogens is 2. The number of hydrogen-bond acceptors (Lipinski definition) is 5. The molecule has 128 valence electrons. The number of hydrogen-bond donors (Lipinski definition) is 0. The number of carbonyl (C=O) groups is 1. The Hall–Kier alpha value is -2.96. The van der Waals surface area contributed by atoms with E-state index < -0.39 is 0 Å². The molecule has 3 heterocycles. The SMILES string of the molecule is O=C(c1ccc(F)cc1)N1CCC(c2nnc(-c3ccoc3)o2)CC1. The van der Waals surface area contributed by atoms with E-state index in [1.807, 2.05) is 0 Å². The average molecular weight is 341 g/mol. The average Bonchev–Trinajstić information content (AvgIpc) is 3.33. The third-order valence-corrected chi connectivity index (χ3v) is 4.43. The van der Waals surface area contributed by atoms with E-state index in [0.717, 1.165) is 18.4 Å². The Morgan fingerprint density at radius 1 is 1.12 bits per heavy atom. The molecule has 1 fully saturated rings. The maximum absolute atomic E-state index is 13.0. The van der Waals surface area contributed by atoms with Crippen molar-refractivity contribution < 1.29 is 18.0 Å². The molecule has 1 amide bonds. The lowest BCUT2D eigenvalue weighted by atomic mass is 9.96. The zero-order valence-electron chi connectivity index (χ0n) is 13.4. The van der Waals surface area contributed by atoms with Crippen molar-refractivity contribution in [2.75, 3.05) is 13.1 Å². The van der Waals surface area contributed by atoms with Crippen LogP contribution in [0, 0.1) is 5.82 Å². The molecule has 0 unspecified atom stereocenters. The lowest BCUT2D eigenvalue weighted by Crippen LogP contribution is -2.38. The first-order valence-corrected chi connectivity index (χ1v) is 8.11. The maximum atomic E-state index is 13.0. The fraction of sp³-hybridized carbons (Fsp3) is 0.278. The topological polar surface area (TPSA) is 72.4 Å². The Balaban J connectivity index is 1.40. The number of nitrogens with zero attached hydrogens (tertiary/aromatic N) is 3. The second kappa shape index (κ2) is 6.51. The summed E-state index contributed by atoms with van der Waals surface area (Å²) in [6.45, 7) is 1.20. The molecule has 2 aromatic heterocycles. The van der Waals surface area contributed by atoms with Gasteiger partial charge in [-0.3, -0.25) is 4.79 Å². The molecule has 1 aliphatic rings. The quantitative estimate of drug-likeness (QED) is 0.729. The molecule has 0 saturated carbocycles. The van der Waals surface area contributed by atoms with Gasteiger partial charge in [-0.15, -0.1) is 10.2 Å². The second-order valence-electron chi connectivity index (χ2n) is 6.03. The number of benzene rings is 1. The molecule has 1 saturated heterocycles. The first-order chi connectivity index (χ1) is 12.2. The van der Waals surface area contributed by atoms with Crippen molar-refractivity contribution in [1.82, 2.24) is 15.1 Å². The van der Waals surface area contributed by atoms with Crippen LogP contribution in [0.2, 0.25) is 0 Å². The highest BCUT2D eigenvalue weighted by Gasteiger charge is 2.28. The molecular formula is C18H16FN3O3. The lowest BCUT2D eigenvalue weighted by Gasteiger charge is -2.30. The zero-order valence-corrected chi connectivity index (χ0v) is 13.4. The van der Waals surface area contributed by atoms with Crippen molar-refractivity contribution in [1.29, 1.82) is 0 Å². The van der Waals surface area contributed by atoms with Crippen molar-refractivity contribution in [3.63, 3.8) is 0 Å². The lowest BCUT2D eigenvalue weighted by molar-refractivity contribution is 0.0706. The summed E-state index contributed by atoms with van der Waals surface area (Å²) in [5.41, 5.74) is 1.25. The number of furan rings is 1.